The molecule has 0 saturated carbocycles. The van der Waals surface area contributed by atoms with Crippen molar-refractivity contribution in [3.63, 3.8) is 0 Å². The second-order valence-corrected chi connectivity index (χ2v) is 13.3. The highest BCUT2D eigenvalue weighted by molar-refractivity contribution is 7.91. The first-order chi connectivity index (χ1) is 20.8. The highest BCUT2D eigenvalue weighted by atomic mass is 32.2. The van der Waals surface area contributed by atoms with E-state index in [2.05, 4.69) is 32.7 Å². The molecule has 0 radical (unpaired) electrons. The summed E-state index contributed by atoms with van der Waals surface area (Å²) in [5.74, 6) is 0.811. The van der Waals surface area contributed by atoms with Gasteiger partial charge in [-0.15, -0.1) is 0 Å². The van der Waals surface area contributed by atoms with Crippen LogP contribution in [-0.2, 0) is 19.3 Å². The fourth-order valence-electron chi connectivity index (χ4n) is 5.85. The van der Waals surface area contributed by atoms with Crippen molar-refractivity contribution in [1.82, 2.24) is 24.8 Å². The summed E-state index contributed by atoms with van der Waals surface area (Å²) in [4.78, 5) is 27.9. The molecule has 1 atom stereocenters. The van der Waals surface area contributed by atoms with Crippen LogP contribution >= 0.6 is 0 Å². The van der Waals surface area contributed by atoms with Gasteiger partial charge in [0.1, 0.15) is 5.65 Å². The van der Waals surface area contributed by atoms with Crippen LogP contribution in [0.3, 0.4) is 0 Å². The van der Waals surface area contributed by atoms with Gasteiger partial charge in [-0.3, -0.25) is 14.3 Å². The van der Waals surface area contributed by atoms with Crippen LogP contribution in [0.25, 0.3) is 22.3 Å². The SMILES string of the molecule is COCCS(=O)(=O)c1cnc(-c2cc3cnc(Nc4ccc(C5CCNCC5)cc4)nc3n(C3CCOC3)c2=O)c(C)c1. The van der Waals surface area contributed by atoms with Crippen LogP contribution in [0, 0.1) is 6.92 Å². The summed E-state index contributed by atoms with van der Waals surface area (Å²) < 4.78 is 37.6. The summed E-state index contributed by atoms with van der Waals surface area (Å²) in [7, 11) is -2.11. The van der Waals surface area contributed by atoms with Crippen molar-refractivity contribution >= 4 is 32.5 Å². The van der Waals surface area contributed by atoms with Crippen molar-refractivity contribution in [3.05, 3.63) is 70.3 Å². The molecule has 6 rings (SSSR count). The van der Waals surface area contributed by atoms with Gasteiger partial charge < -0.3 is 20.1 Å². The topological polar surface area (TPSA) is 137 Å². The number of hydrogen-bond donors (Lipinski definition) is 2. The summed E-state index contributed by atoms with van der Waals surface area (Å²) in [6.07, 6.45) is 5.95. The van der Waals surface area contributed by atoms with Crippen molar-refractivity contribution in [3.8, 4) is 11.3 Å². The molecule has 5 heterocycles. The second kappa shape index (κ2) is 12.5. The van der Waals surface area contributed by atoms with E-state index in [1.165, 1.54) is 18.9 Å². The van der Waals surface area contributed by atoms with Gasteiger partial charge in [0.25, 0.3) is 5.56 Å². The van der Waals surface area contributed by atoms with Crippen LogP contribution in [0.2, 0.25) is 0 Å². The van der Waals surface area contributed by atoms with Gasteiger partial charge in [-0.2, -0.15) is 4.98 Å². The number of anilines is 2. The molecule has 226 valence electrons. The fourth-order valence-corrected chi connectivity index (χ4v) is 7.04. The Hall–Kier alpha value is -3.71. The zero-order valence-corrected chi connectivity index (χ0v) is 25.2. The molecule has 1 aromatic carbocycles. The van der Waals surface area contributed by atoms with Gasteiger partial charge in [-0.05, 0) is 80.6 Å². The van der Waals surface area contributed by atoms with E-state index in [-0.39, 0.29) is 28.9 Å². The third-order valence-electron chi connectivity index (χ3n) is 8.24. The average molecular weight is 605 g/mol. The first kappa shape index (κ1) is 29.4. The van der Waals surface area contributed by atoms with Gasteiger partial charge in [0, 0.05) is 37.2 Å². The minimum Gasteiger partial charge on any atom is -0.384 e. The van der Waals surface area contributed by atoms with Gasteiger partial charge in [-0.1, -0.05) is 12.1 Å². The summed E-state index contributed by atoms with van der Waals surface area (Å²) >= 11 is 0. The first-order valence-corrected chi connectivity index (χ1v) is 16.3. The van der Waals surface area contributed by atoms with Crippen LogP contribution in [-0.4, -0.2) is 73.7 Å². The normalized spacial score (nSPS) is 17.9. The van der Waals surface area contributed by atoms with Crippen LogP contribution in [0.15, 0.2) is 58.5 Å². The van der Waals surface area contributed by atoms with Crippen molar-refractivity contribution in [1.29, 1.82) is 0 Å². The number of pyridine rings is 2. The molecule has 2 N–H and O–H groups in total. The number of sulfone groups is 1. The Morgan fingerprint density at radius 2 is 1.88 bits per heavy atom. The molecule has 0 spiro atoms. The largest absolute Gasteiger partial charge is 0.384 e. The van der Waals surface area contributed by atoms with E-state index in [1.807, 2.05) is 12.1 Å². The van der Waals surface area contributed by atoms with E-state index >= 15 is 0 Å². The highest BCUT2D eigenvalue weighted by Gasteiger charge is 2.25. The van der Waals surface area contributed by atoms with Crippen LogP contribution in [0.4, 0.5) is 11.6 Å². The Morgan fingerprint density at radius 1 is 1.09 bits per heavy atom. The molecule has 2 fully saturated rings. The van der Waals surface area contributed by atoms with Crippen LogP contribution in [0.5, 0.6) is 0 Å². The van der Waals surface area contributed by atoms with Gasteiger partial charge in [-0.25, -0.2) is 13.4 Å². The summed E-state index contributed by atoms with van der Waals surface area (Å²) in [6, 6.07) is 11.5. The molecule has 2 saturated heterocycles. The molecule has 11 nitrogen and oxygen atoms in total. The first-order valence-electron chi connectivity index (χ1n) is 14.6. The van der Waals surface area contributed by atoms with Crippen LogP contribution < -0.4 is 16.2 Å². The van der Waals surface area contributed by atoms with E-state index in [9.17, 15) is 13.2 Å². The molecular weight excluding hydrogens is 568 g/mol. The molecule has 12 heteroatoms. The second-order valence-electron chi connectivity index (χ2n) is 11.1. The smallest absolute Gasteiger partial charge is 0.262 e. The third-order valence-corrected chi connectivity index (χ3v) is 9.89. The monoisotopic (exact) mass is 604 g/mol. The Kier molecular flexibility index (Phi) is 8.53. The Labute approximate surface area is 250 Å². The minimum absolute atomic E-state index is 0.0858. The number of piperidine rings is 1. The molecule has 2 aliphatic heterocycles. The van der Waals surface area contributed by atoms with E-state index < -0.39 is 9.84 Å². The van der Waals surface area contributed by atoms with E-state index in [0.29, 0.717) is 59.4 Å². The lowest BCUT2D eigenvalue weighted by Crippen LogP contribution is -2.28. The lowest BCUT2D eigenvalue weighted by atomic mass is 9.90. The number of hydrogen-bond acceptors (Lipinski definition) is 10. The van der Waals surface area contributed by atoms with Crippen molar-refractivity contribution in [2.75, 3.05) is 51.1 Å². The number of aromatic nitrogens is 4. The standard InChI is InChI=1S/C31H36N6O5S/c1-20-15-26(43(39,40)14-13-41-2)18-33-28(20)27-16-23-17-34-31(36-29(23)37(30(27)38)25-9-12-42-19-25)35-24-5-3-21(4-6-24)22-7-10-32-11-8-22/h3-6,15-18,22,25,32H,7-14,19H2,1-2H3,(H,34,35,36). The predicted octanol–water partition coefficient (Wildman–Crippen LogP) is 3.75. The lowest BCUT2D eigenvalue weighted by molar-refractivity contribution is 0.186. The number of rotatable bonds is 9. The number of nitrogens with one attached hydrogen (secondary N) is 2. The van der Waals surface area contributed by atoms with E-state index in [1.54, 1.807) is 29.8 Å². The lowest BCUT2D eigenvalue weighted by Gasteiger charge is -2.23. The number of aryl methyl sites for hydroxylation is 1. The number of ether oxygens (including phenoxy) is 2. The molecule has 0 amide bonds. The van der Waals surface area contributed by atoms with Gasteiger partial charge in [0.05, 0.1) is 41.2 Å². The van der Waals surface area contributed by atoms with Gasteiger partial charge >= 0.3 is 0 Å². The maximum atomic E-state index is 14.1. The highest BCUT2D eigenvalue weighted by Crippen LogP contribution is 2.29. The van der Waals surface area contributed by atoms with E-state index in [4.69, 9.17) is 14.5 Å². The Bertz CT molecular complexity index is 1780. The minimum atomic E-state index is -3.57. The van der Waals surface area contributed by atoms with E-state index in [0.717, 1.165) is 31.6 Å². The van der Waals surface area contributed by atoms with Gasteiger partial charge in [0.2, 0.25) is 5.95 Å². The number of nitrogens with zero attached hydrogens (tertiary/aromatic N) is 4. The maximum absolute atomic E-state index is 14.1. The maximum Gasteiger partial charge on any atom is 0.262 e. The number of methoxy groups -OCH3 is 1. The fraction of sp³-hybridized carbons (Fsp3) is 0.419. The zero-order chi connectivity index (χ0) is 30.0. The Morgan fingerprint density at radius 3 is 2.58 bits per heavy atom. The quantitative estimate of drug-likeness (QED) is 0.291. The number of fused-ring (bicyclic) bond motifs is 1. The van der Waals surface area contributed by atoms with Crippen molar-refractivity contribution in [2.24, 2.45) is 0 Å². The predicted molar refractivity (Wildman–Crippen MR) is 165 cm³/mol. The molecule has 3 aromatic heterocycles. The summed E-state index contributed by atoms with van der Waals surface area (Å²) in [5.41, 5.74) is 3.80. The molecule has 43 heavy (non-hydrogen) atoms. The van der Waals surface area contributed by atoms with Crippen molar-refractivity contribution < 1.29 is 17.9 Å². The molecule has 0 aliphatic carbocycles. The zero-order valence-electron chi connectivity index (χ0n) is 24.4. The summed E-state index contributed by atoms with van der Waals surface area (Å²) in [5, 5.41) is 7.38. The molecule has 2 aliphatic rings. The van der Waals surface area contributed by atoms with Gasteiger partial charge in [0.15, 0.2) is 9.84 Å². The molecular formula is C31H36N6O5S. The average Bonchev–Trinajstić information content (AvgIpc) is 3.55. The summed E-state index contributed by atoms with van der Waals surface area (Å²) in [6.45, 7) is 4.87. The molecule has 1 unspecified atom stereocenters. The van der Waals surface area contributed by atoms with Crippen molar-refractivity contribution in [2.45, 2.75) is 43.0 Å². The van der Waals surface area contributed by atoms with Crippen LogP contribution in [0.1, 0.15) is 42.3 Å². The third kappa shape index (κ3) is 6.19. The Balaban J connectivity index is 1.35. The number of benzene rings is 1. The molecule has 0 bridgehead atoms. The molecule has 4 aromatic rings.